The Kier molecular flexibility index (Phi) is 8.36. The number of ether oxygens (including phenoxy) is 3. The van der Waals surface area contributed by atoms with Crippen molar-refractivity contribution in [2.75, 3.05) is 12.3 Å². The fourth-order valence-corrected chi connectivity index (χ4v) is 3.25. The van der Waals surface area contributed by atoms with E-state index in [2.05, 4.69) is 4.98 Å². The molecule has 0 bridgehead atoms. The molecular weight excluding hydrogens is 394 g/mol. The lowest BCUT2D eigenvalue weighted by atomic mass is 9.96. The van der Waals surface area contributed by atoms with Gasteiger partial charge in [0.1, 0.15) is 24.1 Å². The number of hydrogen-bond acceptors (Lipinski definition) is 9. The minimum Gasteiger partial charge on any atom is -0.463 e. The van der Waals surface area contributed by atoms with Crippen LogP contribution in [0.25, 0.3) is 0 Å². The summed E-state index contributed by atoms with van der Waals surface area (Å²) in [5, 5.41) is 11.2. The predicted molar refractivity (Wildman–Crippen MR) is 107 cm³/mol. The van der Waals surface area contributed by atoms with Gasteiger partial charge < -0.3 is 25.1 Å². The molecule has 1 fully saturated rings. The highest BCUT2D eigenvalue weighted by Gasteiger charge is 2.56. The molecule has 168 valence electrons. The van der Waals surface area contributed by atoms with Gasteiger partial charge in [0.2, 0.25) is 0 Å². The monoisotopic (exact) mass is 425 g/mol. The Balaban J connectivity index is 2.24. The Morgan fingerprint density at radius 1 is 1.27 bits per heavy atom. The Bertz CT molecular complexity index is 793. The summed E-state index contributed by atoms with van der Waals surface area (Å²) in [5.74, 6) is -0.889. The van der Waals surface area contributed by atoms with Gasteiger partial charge in [0, 0.05) is 19.0 Å². The van der Waals surface area contributed by atoms with Crippen LogP contribution in [-0.2, 0) is 23.8 Å². The zero-order chi connectivity index (χ0) is 22.3. The second-order valence-corrected chi connectivity index (χ2v) is 7.60. The van der Waals surface area contributed by atoms with E-state index < -0.39 is 41.7 Å². The average Bonchev–Trinajstić information content (AvgIpc) is 2.93. The van der Waals surface area contributed by atoms with Gasteiger partial charge in [0.05, 0.1) is 0 Å². The van der Waals surface area contributed by atoms with Crippen molar-refractivity contribution >= 4 is 17.8 Å². The number of nitrogen functional groups attached to an aromatic ring is 1. The van der Waals surface area contributed by atoms with Crippen LogP contribution in [0.2, 0.25) is 0 Å². The minimum absolute atomic E-state index is 0.0258. The smallest absolute Gasteiger partial charge is 0.351 e. The molecule has 0 saturated carbocycles. The van der Waals surface area contributed by atoms with Crippen LogP contribution in [0.4, 0.5) is 5.82 Å². The minimum atomic E-state index is -1.77. The van der Waals surface area contributed by atoms with Gasteiger partial charge in [-0.25, -0.2) is 4.79 Å². The topological polar surface area (TPSA) is 143 Å². The van der Waals surface area contributed by atoms with E-state index in [9.17, 15) is 19.5 Å². The average molecular weight is 425 g/mol. The van der Waals surface area contributed by atoms with Gasteiger partial charge in [-0.05, 0) is 25.8 Å². The molecule has 1 saturated heterocycles. The van der Waals surface area contributed by atoms with Crippen LogP contribution in [0.15, 0.2) is 17.1 Å². The number of nitrogens with zero attached hydrogens (tertiary/aromatic N) is 2. The van der Waals surface area contributed by atoms with Gasteiger partial charge >= 0.3 is 17.6 Å². The summed E-state index contributed by atoms with van der Waals surface area (Å²) in [4.78, 5) is 40.0. The van der Waals surface area contributed by atoms with Crippen molar-refractivity contribution in [1.29, 1.82) is 0 Å². The number of carbonyl (C=O) groups excluding carboxylic acids is 2. The standard InChI is InChI=1S/C20H31N3O7/c1-4-6-8-15(24)28-12-13-17(30-16(25)9-7-5-2)20(3,27)18(29-13)23-11-10-14(21)22-19(23)26/h10-11,13,17-18,27H,4-9,12H2,1-3H3,(H2,21,22,26)/t13-,17-,18-,20-/m1/s1. The molecule has 0 aliphatic carbocycles. The lowest BCUT2D eigenvalue weighted by molar-refractivity contribution is -0.165. The Labute approximate surface area is 175 Å². The predicted octanol–water partition coefficient (Wildman–Crippen LogP) is 1.31. The zero-order valence-corrected chi connectivity index (χ0v) is 17.7. The highest BCUT2D eigenvalue weighted by atomic mass is 16.6. The second-order valence-electron chi connectivity index (χ2n) is 7.60. The molecule has 2 heterocycles. The van der Waals surface area contributed by atoms with Crippen molar-refractivity contribution < 1.29 is 28.9 Å². The third-order valence-electron chi connectivity index (χ3n) is 4.96. The Morgan fingerprint density at radius 2 is 1.90 bits per heavy atom. The molecule has 1 aromatic rings. The maximum Gasteiger partial charge on any atom is 0.351 e. The molecule has 2 rings (SSSR count). The highest BCUT2D eigenvalue weighted by molar-refractivity contribution is 5.70. The second kappa shape index (κ2) is 10.5. The molecule has 0 unspecified atom stereocenters. The van der Waals surface area contributed by atoms with E-state index in [-0.39, 0.29) is 25.3 Å². The molecule has 1 aliphatic heterocycles. The van der Waals surface area contributed by atoms with E-state index in [1.807, 2.05) is 13.8 Å². The van der Waals surface area contributed by atoms with Gasteiger partial charge in [-0.2, -0.15) is 4.98 Å². The maximum absolute atomic E-state index is 12.3. The Hall–Kier alpha value is -2.46. The lowest BCUT2D eigenvalue weighted by Crippen LogP contribution is -2.48. The quantitative estimate of drug-likeness (QED) is 0.530. The first-order valence-electron chi connectivity index (χ1n) is 10.3. The summed E-state index contributed by atoms with van der Waals surface area (Å²) in [7, 11) is 0. The van der Waals surface area contributed by atoms with E-state index in [1.165, 1.54) is 19.2 Å². The molecular formula is C20H31N3O7. The summed E-state index contributed by atoms with van der Waals surface area (Å²) in [6.07, 6.45) is 1.45. The van der Waals surface area contributed by atoms with Crippen LogP contribution in [-0.4, -0.2) is 51.0 Å². The van der Waals surface area contributed by atoms with Gasteiger partial charge in [-0.1, -0.05) is 26.7 Å². The number of esters is 2. The number of hydrogen-bond donors (Lipinski definition) is 2. The molecule has 10 nitrogen and oxygen atoms in total. The third kappa shape index (κ3) is 5.79. The van der Waals surface area contributed by atoms with Crippen LogP contribution in [0.5, 0.6) is 0 Å². The van der Waals surface area contributed by atoms with Crippen molar-refractivity contribution in [3.63, 3.8) is 0 Å². The van der Waals surface area contributed by atoms with Crippen LogP contribution in [0.1, 0.15) is 65.5 Å². The van der Waals surface area contributed by atoms with Gasteiger partial charge in [-0.3, -0.25) is 14.2 Å². The normalized spacial score (nSPS) is 25.8. The van der Waals surface area contributed by atoms with Crippen molar-refractivity contribution in [2.45, 2.75) is 83.3 Å². The largest absolute Gasteiger partial charge is 0.463 e. The number of carbonyl (C=O) groups is 2. The number of aromatic nitrogens is 2. The number of unbranched alkanes of at least 4 members (excludes halogenated alkanes) is 2. The first-order chi connectivity index (χ1) is 14.2. The van der Waals surface area contributed by atoms with Crippen LogP contribution < -0.4 is 11.4 Å². The third-order valence-corrected chi connectivity index (χ3v) is 4.96. The van der Waals surface area contributed by atoms with Crippen LogP contribution in [0, 0.1) is 0 Å². The van der Waals surface area contributed by atoms with Crippen molar-refractivity contribution in [3.05, 3.63) is 22.7 Å². The SMILES string of the molecule is CCCCC(=O)OC[C@H]1O[C@@H](n2ccc(N)nc2=O)[C@](C)(O)[C@@H]1OC(=O)CCCC. The van der Waals surface area contributed by atoms with Crippen LogP contribution in [0.3, 0.4) is 0 Å². The van der Waals surface area contributed by atoms with Gasteiger partial charge in [-0.15, -0.1) is 0 Å². The van der Waals surface area contributed by atoms with E-state index in [4.69, 9.17) is 19.9 Å². The van der Waals surface area contributed by atoms with Crippen LogP contribution >= 0.6 is 0 Å². The van der Waals surface area contributed by atoms with E-state index in [0.29, 0.717) is 12.8 Å². The molecule has 0 radical (unpaired) electrons. The first-order valence-corrected chi connectivity index (χ1v) is 10.3. The molecule has 0 aromatic carbocycles. The summed E-state index contributed by atoms with van der Waals surface area (Å²) in [5.41, 5.74) is 3.03. The molecule has 3 N–H and O–H groups in total. The summed E-state index contributed by atoms with van der Waals surface area (Å²) in [6, 6.07) is 1.39. The number of nitrogens with two attached hydrogens (primary N) is 1. The summed E-state index contributed by atoms with van der Waals surface area (Å²) in [6.45, 7) is 5.08. The molecule has 0 spiro atoms. The van der Waals surface area contributed by atoms with E-state index in [1.54, 1.807) is 0 Å². The van der Waals surface area contributed by atoms with Crippen molar-refractivity contribution in [1.82, 2.24) is 9.55 Å². The first kappa shape index (κ1) is 23.8. The molecule has 10 heteroatoms. The van der Waals surface area contributed by atoms with Gasteiger partial charge in [0.25, 0.3) is 0 Å². The maximum atomic E-state index is 12.3. The van der Waals surface area contributed by atoms with Crippen molar-refractivity contribution in [2.24, 2.45) is 0 Å². The highest BCUT2D eigenvalue weighted by Crippen LogP contribution is 2.39. The number of aliphatic hydroxyl groups is 1. The fourth-order valence-electron chi connectivity index (χ4n) is 3.25. The molecule has 1 aromatic heterocycles. The molecule has 0 amide bonds. The van der Waals surface area contributed by atoms with E-state index in [0.717, 1.165) is 17.4 Å². The zero-order valence-electron chi connectivity index (χ0n) is 17.7. The van der Waals surface area contributed by atoms with Gasteiger partial charge in [0.15, 0.2) is 12.3 Å². The number of rotatable bonds is 10. The van der Waals surface area contributed by atoms with E-state index >= 15 is 0 Å². The molecule has 1 aliphatic rings. The summed E-state index contributed by atoms with van der Waals surface area (Å²) >= 11 is 0. The molecule has 30 heavy (non-hydrogen) atoms. The summed E-state index contributed by atoms with van der Waals surface area (Å²) < 4.78 is 17.7. The lowest BCUT2D eigenvalue weighted by Gasteiger charge is -2.30. The molecule has 4 atom stereocenters. The number of anilines is 1. The van der Waals surface area contributed by atoms with Crippen molar-refractivity contribution in [3.8, 4) is 0 Å². The Morgan fingerprint density at radius 3 is 2.50 bits per heavy atom. The fraction of sp³-hybridized carbons (Fsp3) is 0.700.